The van der Waals surface area contributed by atoms with Crippen molar-refractivity contribution in [3.05, 3.63) is 35.4 Å². The zero-order valence-corrected chi connectivity index (χ0v) is 14.6. The largest absolute Gasteiger partial charge is 0.416 e. The van der Waals surface area contributed by atoms with E-state index in [9.17, 15) is 13.2 Å². The van der Waals surface area contributed by atoms with Crippen molar-refractivity contribution in [1.82, 2.24) is 0 Å². The van der Waals surface area contributed by atoms with E-state index < -0.39 is 11.7 Å². The summed E-state index contributed by atoms with van der Waals surface area (Å²) in [6, 6.07) is 5.88. The lowest BCUT2D eigenvalue weighted by atomic mass is 9.73. The summed E-state index contributed by atoms with van der Waals surface area (Å²) in [6.45, 7) is 2.28. The molecule has 0 saturated heterocycles. The highest BCUT2D eigenvalue weighted by atomic mass is 19.4. The van der Waals surface area contributed by atoms with Gasteiger partial charge >= 0.3 is 6.18 Å². The molecule has 2 atom stereocenters. The molecule has 0 nitrogen and oxygen atoms in total. The number of rotatable bonds is 4. The van der Waals surface area contributed by atoms with Crippen molar-refractivity contribution in [2.24, 2.45) is 17.8 Å². The second kappa shape index (κ2) is 7.49. The Hall–Kier alpha value is -0.990. The molecule has 3 heteroatoms. The van der Waals surface area contributed by atoms with Gasteiger partial charge in [0.25, 0.3) is 0 Å². The molecular formula is C21H29F3. The number of hydrogen-bond acceptors (Lipinski definition) is 0. The first kappa shape index (κ1) is 17.8. The van der Waals surface area contributed by atoms with Crippen LogP contribution in [0, 0.1) is 17.8 Å². The van der Waals surface area contributed by atoms with Crippen molar-refractivity contribution in [1.29, 1.82) is 0 Å². The van der Waals surface area contributed by atoms with E-state index in [1.807, 2.05) is 0 Å². The highest BCUT2D eigenvalue weighted by Crippen LogP contribution is 2.46. The SMILES string of the molecule is CCCC1CCC(C2CCC(c3ccc(C(F)(F)F)cc3)CC2)C1. The molecule has 0 radical (unpaired) electrons. The minimum atomic E-state index is -4.23. The number of halogens is 3. The monoisotopic (exact) mass is 338 g/mol. The standard InChI is InChI=1S/C21H29F3/c1-2-3-15-4-5-19(14-15)18-8-6-16(7-9-18)17-10-12-20(13-11-17)21(22,23)24/h10-13,15-16,18-19H,2-9,14H2,1H3. The van der Waals surface area contributed by atoms with Crippen LogP contribution in [0.2, 0.25) is 0 Å². The molecule has 2 unspecified atom stereocenters. The maximum absolute atomic E-state index is 12.7. The van der Waals surface area contributed by atoms with Crippen molar-refractivity contribution in [2.75, 3.05) is 0 Å². The zero-order chi connectivity index (χ0) is 17.2. The highest BCUT2D eigenvalue weighted by Gasteiger charge is 2.34. The van der Waals surface area contributed by atoms with Gasteiger partial charge in [0.05, 0.1) is 5.56 Å². The van der Waals surface area contributed by atoms with Crippen molar-refractivity contribution < 1.29 is 13.2 Å². The average Bonchev–Trinajstić information content (AvgIpc) is 3.03. The van der Waals surface area contributed by atoms with Crippen LogP contribution in [-0.4, -0.2) is 0 Å². The van der Waals surface area contributed by atoms with Crippen molar-refractivity contribution in [3.8, 4) is 0 Å². The fraction of sp³-hybridized carbons (Fsp3) is 0.714. The van der Waals surface area contributed by atoms with Gasteiger partial charge in [0.15, 0.2) is 0 Å². The molecule has 2 aliphatic carbocycles. The lowest BCUT2D eigenvalue weighted by Crippen LogP contribution is -2.19. The molecule has 0 N–H and O–H groups in total. The third-order valence-electron chi connectivity index (χ3n) is 6.43. The summed E-state index contributed by atoms with van der Waals surface area (Å²) in [5, 5.41) is 0. The summed E-state index contributed by atoms with van der Waals surface area (Å²) < 4.78 is 38.0. The minimum absolute atomic E-state index is 0.455. The smallest absolute Gasteiger partial charge is 0.166 e. The molecule has 1 aromatic carbocycles. The Morgan fingerprint density at radius 3 is 2.08 bits per heavy atom. The summed E-state index contributed by atoms with van der Waals surface area (Å²) in [4.78, 5) is 0. The molecule has 0 aromatic heterocycles. The number of hydrogen-bond donors (Lipinski definition) is 0. The van der Waals surface area contributed by atoms with Crippen LogP contribution in [0.1, 0.15) is 81.8 Å². The second-order valence-corrected chi connectivity index (χ2v) is 7.96. The van der Waals surface area contributed by atoms with Gasteiger partial charge in [-0.1, -0.05) is 38.3 Å². The van der Waals surface area contributed by atoms with Gasteiger partial charge in [0.2, 0.25) is 0 Å². The first-order valence-electron chi connectivity index (χ1n) is 9.64. The third kappa shape index (κ3) is 4.15. The molecule has 0 bridgehead atoms. The summed E-state index contributed by atoms with van der Waals surface area (Å²) in [7, 11) is 0. The molecular weight excluding hydrogens is 309 g/mol. The van der Waals surface area contributed by atoms with Crippen LogP contribution in [0.4, 0.5) is 13.2 Å². The minimum Gasteiger partial charge on any atom is -0.166 e. The van der Waals surface area contributed by atoms with Gasteiger partial charge in [-0.05, 0) is 79.9 Å². The molecule has 2 fully saturated rings. The zero-order valence-electron chi connectivity index (χ0n) is 14.6. The van der Waals surface area contributed by atoms with Crippen LogP contribution < -0.4 is 0 Å². The molecule has 0 heterocycles. The summed E-state index contributed by atoms with van der Waals surface area (Å²) in [5.41, 5.74) is 0.560. The van der Waals surface area contributed by atoms with Crippen LogP contribution in [0.3, 0.4) is 0 Å². The van der Waals surface area contributed by atoms with Crippen molar-refractivity contribution in [3.63, 3.8) is 0 Å². The Labute approximate surface area is 143 Å². The molecule has 1 aromatic rings. The highest BCUT2D eigenvalue weighted by molar-refractivity contribution is 5.27. The van der Waals surface area contributed by atoms with Crippen LogP contribution in [0.25, 0.3) is 0 Å². The van der Waals surface area contributed by atoms with Crippen LogP contribution in [-0.2, 0) is 6.18 Å². The van der Waals surface area contributed by atoms with Gasteiger partial charge < -0.3 is 0 Å². The Bertz CT molecular complexity index is 509. The Morgan fingerprint density at radius 1 is 0.875 bits per heavy atom. The van der Waals surface area contributed by atoms with E-state index >= 15 is 0 Å². The second-order valence-electron chi connectivity index (χ2n) is 7.96. The van der Waals surface area contributed by atoms with Gasteiger partial charge in [-0.25, -0.2) is 0 Å². The summed E-state index contributed by atoms with van der Waals surface area (Å²) in [5.74, 6) is 3.18. The lowest BCUT2D eigenvalue weighted by Gasteiger charge is -2.32. The van der Waals surface area contributed by atoms with Crippen molar-refractivity contribution in [2.45, 2.75) is 76.8 Å². The third-order valence-corrected chi connectivity index (χ3v) is 6.43. The number of benzene rings is 1. The molecule has 0 spiro atoms. The van der Waals surface area contributed by atoms with E-state index in [1.54, 1.807) is 12.1 Å². The van der Waals surface area contributed by atoms with Gasteiger partial charge in [0, 0.05) is 0 Å². The van der Waals surface area contributed by atoms with Crippen LogP contribution >= 0.6 is 0 Å². The molecule has 24 heavy (non-hydrogen) atoms. The first-order valence-corrected chi connectivity index (χ1v) is 9.64. The predicted molar refractivity (Wildman–Crippen MR) is 91.9 cm³/mol. The molecule has 3 rings (SSSR count). The molecule has 2 aliphatic rings. The maximum Gasteiger partial charge on any atom is 0.416 e. The van der Waals surface area contributed by atoms with Crippen LogP contribution in [0.15, 0.2) is 24.3 Å². The Morgan fingerprint density at radius 2 is 1.50 bits per heavy atom. The van der Waals surface area contributed by atoms with Gasteiger partial charge in [0.1, 0.15) is 0 Å². The van der Waals surface area contributed by atoms with E-state index in [-0.39, 0.29) is 0 Å². The summed E-state index contributed by atoms with van der Waals surface area (Å²) in [6.07, 6.45) is 7.50. The molecule has 2 saturated carbocycles. The van der Waals surface area contributed by atoms with Gasteiger partial charge in [-0.3, -0.25) is 0 Å². The summed E-state index contributed by atoms with van der Waals surface area (Å²) >= 11 is 0. The fourth-order valence-corrected chi connectivity index (χ4v) is 5.08. The molecule has 134 valence electrons. The van der Waals surface area contributed by atoms with Crippen LogP contribution in [0.5, 0.6) is 0 Å². The predicted octanol–water partition coefficient (Wildman–Crippen LogP) is 7.20. The maximum atomic E-state index is 12.7. The van der Waals surface area contributed by atoms with E-state index in [1.165, 1.54) is 57.1 Å². The molecule has 0 aliphatic heterocycles. The quantitative estimate of drug-likeness (QED) is 0.544. The average molecular weight is 338 g/mol. The van der Waals surface area contributed by atoms with E-state index in [2.05, 4.69) is 6.92 Å². The normalized spacial score (nSPS) is 31.3. The lowest BCUT2D eigenvalue weighted by molar-refractivity contribution is -0.137. The molecule has 0 amide bonds. The van der Waals surface area contributed by atoms with Crippen molar-refractivity contribution >= 4 is 0 Å². The topological polar surface area (TPSA) is 0 Å². The Kier molecular flexibility index (Phi) is 5.56. The number of alkyl halides is 3. The van der Waals surface area contributed by atoms with E-state index in [0.29, 0.717) is 5.92 Å². The Balaban J connectivity index is 1.52. The van der Waals surface area contributed by atoms with E-state index in [4.69, 9.17) is 0 Å². The van der Waals surface area contributed by atoms with Gasteiger partial charge in [-0.2, -0.15) is 13.2 Å². The van der Waals surface area contributed by atoms with E-state index in [0.717, 1.165) is 36.2 Å². The first-order chi connectivity index (χ1) is 11.5. The van der Waals surface area contributed by atoms with Gasteiger partial charge in [-0.15, -0.1) is 0 Å². The fourth-order valence-electron chi connectivity index (χ4n) is 5.08.